The molecule has 18 heavy (non-hydrogen) atoms. The van der Waals surface area contributed by atoms with E-state index < -0.39 is 5.91 Å². The zero-order valence-corrected chi connectivity index (χ0v) is 11.1. The molecule has 1 aromatic rings. The molecule has 0 saturated heterocycles. The summed E-state index contributed by atoms with van der Waals surface area (Å²) in [6.07, 6.45) is 0. The van der Waals surface area contributed by atoms with Gasteiger partial charge in [0.15, 0.2) is 0 Å². The summed E-state index contributed by atoms with van der Waals surface area (Å²) in [6, 6.07) is 0. The first-order valence-electron chi connectivity index (χ1n) is 5.60. The quantitative estimate of drug-likeness (QED) is 0.690. The van der Waals surface area contributed by atoms with Crippen molar-refractivity contribution in [1.82, 2.24) is 15.0 Å². The van der Waals surface area contributed by atoms with Gasteiger partial charge in [0.05, 0.1) is 6.54 Å². The Bertz CT molecular complexity index is 421. The smallest absolute Gasteiger partial charge is 0.237 e. The summed E-state index contributed by atoms with van der Waals surface area (Å²) in [5, 5.41) is 3.02. The van der Waals surface area contributed by atoms with E-state index in [-0.39, 0.29) is 6.54 Å². The lowest BCUT2D eigenvalue weighted by Gasteiger charge is -2.18. The van der Waals surface area contributed by atoms with Crippen molar-refractivity contribution < 1.29 is 4.79 Å². The van der Waals surface area contributed by atoms with Crippen LogP contribution in [0.25, 0.3) is 0 Å². The largest absolute Gasteiger partial charge is 0.368 e. The Hall–Kier alpha value is -2.12. The number of hydrogen-bond donors (Lipinski definition) is 2. The molecule has 3 N–H and O–H groups in total. The minimum Gasteiger partial charge on any atom is -0.368 e. The van der Waals surface area contributed by atoms with Crippen molar-refractivity contribution in [3.05, 3.63) is 0 Å². The molecule has 0 aliphatic carbocycles. The minimum atomic E-state index is -0.436. The lowest BCUT2D eigenvalue weighted by atomic mass is 10.5. The molecule has 1 rings (SSSR count). The molecule has 1 heterocycles. The monoisotopic (exact) mass is 253 g/mol. The first-order valence-corrected chi connectivity index (χ1v) is 5.60. The summed E-state index contributed by atoms with van der Waals surface area (Å²) in [6.45, 7) is 2.71. The molecule has 8 nitrogen and oxygen atoms in total. The molecule has 0 unspecified atom stereocenters. The summed E-state index contributed by atoms with van der Waals surface area (Å²) in [5.74, 6) is 0.965. The van der Waals surface area contributed by atoms with Gasteiger partial charge in [-0.05, 0) is 6.92 Å². The van der Waals surface area contributed by atoms with Crippen LogP contribution in [0.3, 0.4) is 0 Å². The van der Waals surface area contributed by atoms with Crippen molar-refractivity contribution in [2.45, 2.75) is 6.92 Å². The molecule has 0 aromatic carbocycles. The zero-order valence-electron chi connectivity index (χ0n) is 11.1. The fourth-order valence-corrected chi connectivity index (χ4v) is 1.27. The van der Waals surface area contributed by atoms with E-state index in [1.54, 1.807) is 16.8 Å². The summed E-state index contributed by atoms with van der Waals surface area (Å²) >= 11 is 0. The van der Waals surface area contributed by atoms with Gasteiger partial charge in [-0.15, -0.1) is 0 Å². The normalized spacial score (nSPS) is 10.0. The molecule has 0 spiro atoms. The highest BCUT2D eigenvalue weighted by Crippen LogP contribution is 2.13. The lowest BCUT2D eigenvalue weighted by Crippen LogP contribution is -2.32. The zero-order chi connectivity index (χ0) is 13.7. The molecule has 0 fully saturated rings. The average molecular weight is 253 g/mol. The maximum atomic E-state index is 10.9. The van der Waals surface area contributed by atoms with Gasteiger partial charge < -0.3 is 20.9 Å². The predicted molar refractivity (Wildman–Crippen MR) is 70.8 cm³/mol. The van der Waals surface area contributed by atoms with Gasteiger partial charge >= 0.3 is 0 Å². The number of likely N-dealkylation sites (N-methyl/N-ethyl adjacent to an activating group) is 1. The van der Waals surface area contributed by atoms with Gasteiger partial charge in [-0.25, -0.2) is 0 Å². The summed E-state index contributed by atoms with van der Waals surface area (Å²) in [7, 11) is 5.38. The van der Waals surface area contributed by atoms with Crippen LogP contribution in [0, 0.1) is 0 Å². The fourth-order valence-electron chi connectivity index (χ4n) is 1.27. The summed E-state index contributed by atoms with van der Waals surface area (Å²) in [5.41, 5.74) is 5.15. The second-order valence-electron chi connectivity index (χ2n) is 4.01. The number of carbonyl (C=O) groups excluding carboxylic acids is 1. The number of carbonyl (C=O) groups is 1. The average Bonchev–Trinajstić information content (AvgIpc) is 2.28. The molecule has 0 bridgehead atoms. The summed E-state index contributed by atoms with van der Waals surface area (Å²) in [4.78, 5) is 26.9. The third-order valence-corrected chi connectivity index (χ3v) is 2.08. The number of amides is 1. The van der Waals surface area contributed by atoms with E-state index in [9.17, 15) is 4.79 Å². The molecule has 1 aromatic heterocycles. The maximum absolute atomic E-state index is 10.9. The van der Waals surface area contributed by atoms with Gasteiger partial charge in [-0.1, -0.05) is 0 Å². The van der Waals surface area contributed by atoms with Crippen LogP contribution in [0.1, 0.15) is 6.92 Å². The fraction of sp³-hybridized carbons (Fsp3) is 0.600. The first-order chi connectivity index (χ1) is 8.43. The van der Waals surface area contributed by atoms with Crippen LogP contribution in [0.2, 0.25) is 0 Å². The third-order valence-electron chi connectivity index (χ3n) is 2.08. The van der Waals surface area contributed by atoms with E-state index in [1.165, 1.54) is 0 Å². The Kier molecular flexibility index (Phi) is 4.64. The van der Waals surface area contributed by atoms with E-state index >= 15 is 0 Å². The summed E-state index contributed by atoms with van der Waals surface area (Å²) < 4.78 is 0. The second-order valence-corrected chi connectivity index (χ2v) is 4.01. The highest BCUT2D eigenvalue weighted by molar-refractivity contribution is 5.78. The standard InChI is InChI=1S/C10H19N7O/c1-5-12-8-13-9(16(2)3)15-10(14-8)17(4)6-7(11)18/h5-6H2,1-4H3,(H2,11,18)(H,12,13,14,15). The third kappa shape index (κ3) is 3.72. The van der Waals surface area contributed by atoms with Crippen molar-refractivity contribution in [2.75, 3.05) is 49.3 Å². The number of nitrogens with one attached hydrogen (secondary N) is 1. The Morgan fingerprint density at radius 3 is 2.33 bits per heavy atom. The molecule has 0 aliphatic rings. The van der Waals surface area contributed by atoms with Crippen molar-refractivity contribution in [2.24, 2.45) is 5.73 Å². The van der Waals surface area contributed by atoms with E-state index in [2.05, 4.69) is 20.3 Å². The molecule has 8 heteroatoms. The number of primary amides is 1. The van der Waals surface area contributed by atoms with Gasteiger partial charge in [0.2, 0.25) is 23.8 Å². The second kappa shape index (κ2) is 5.99. The Morgan fingerprint density at radius 2 is 1.83 bits per heavy atom. The van der Waals surface area contributed by atoms with E-state index in [0.29, 0.717) is 24.4 Å². The van der Waals surface area contributed by atoms with Crippen molar-refractivity contribution >= 4 is 23.8 Å². The molecule has 0 atom stereocenters. The number of aromatic nitrogens is 3. The highest BCUT2D eigenvalue weighted by Gasteiger charge is 2.12. The Labute approximate surface area is 106 Å². The molecular formula is C10H19N7O. The highest BCUT2D eigenvalue weighted by atomic mass is 16.1. The molecule has 1 amide bonds. The number of anilines is 3. The van der Waals surface area contributed by atoms with Gasteiger partial charge in [0.25, 0.3) is 0 Å². The molecule has 0 radical (unpaired) electrons. The predicted octanol–water partition coefficient (Wildman–Crippen LogP) is -0.709. The van der Waals surface area contributed by atoms with E-state index in [0.717, 1.165) is 0 Å². The maximum Gasteiger partial charge on any atom is 0.237 e. The van der Waals surface area contributed by atoms with Crippen LogP contribution in [0.15, 0.2) is 0 Å². The molecule has 100 valence electrons. The number of nitrogens with two attached hydrogens (primary N) is 1. The number of rotatable bonds is 6. The van der Waals surface area contributed by atoms with Gasteiger partial charge in [-0.3, -0.25) is 4.79 Å². The van der Waals surface area contributed by atoms with Gasteiger partial charge in [0, 0.05) is 27.7 Å². The number of hydrogen-bond acceptors (Lipinski definition) is 7. The Balaban J connectivity index is 3.05. The van der Waals surface area contributed by atoms with Crippen molar-refractivity contribution in [3.63, 3.8) is 0 Å². The van der Waals surface area contributed by atoms with Crippen molar-refractivity contribution in [3.8, 4) is 0 Å². The van der Waals surface area contributed by atoms with E-state index in [4.69, 9.17) is 5.73 Å². The van der Waals surface area contributed by atoms with Gasteiger partial charge in [-0.2, -0.15) is 15.0 Å². The SMILES string of the molecule is CCNc1nc(N(C)C)nc(N(C)CC(N)=O)n1. The van der Waals surface area contributed by atoms with Crippen LogP contribution in [-0.2, 0) is 4.79 Å². The van der Waals surface area contributed by atoms with Crippen LogP contribution in [0.5, 0.6) is 0 Å². The first kappa shape index (κ1) is 13.9. The Morgan fingerprint density at radius 1 is 1.22 bits per heavy atom. The molecular weight excluding hydrogens is 234 g/mol. The molecule has 0 saturated carbocycles. The lowest BCUT2D eigenvalue weighted by molar-refractivity contribution is -0.116. The topological polar surface area (TPSA) is 100 Å². The van der Waals surface area contributed by atoms with Crippen LogP contribution in [-0.4, -0.2) is 55.1 Å². The van der Waals surface area contributed by atoms with Gasteiger partial charge in [0.1, 0.15) is 0 Å². The number of nitrogens with zero attached hydrogens (tertiary/aromatic N) is 5. The van der Waals surface area contributed by atoms with Crippen LogP contribution in [0.4, 0.5) is 17.8 Å². The van der Waals surface area contributed by atoms with E-state index in [1.807, 2.05) is 21.0 Å². The van der Waals surface area contributed by atoms with Crippen LogP contribution >= 0.6 is 0 Å². The van der Waals surface area contributed by atoms with Crippen LogP contribution < -0.4 is 20.9 Å². The van der Waals surface area contributed by atoms with Crippen molar-refractivity contribution in [1.29, 1.82) is 0 Å². The minimum absolute atomic E-state index is 0.0580. The molecule has 0 aliphatic heterocycles.